The van der Waals surface area contributed by atoms with Crippen LogP contribution in [-0.2, 0) is 9.59 Å². The minimum atomic E-state index is -0.613. The molecule has 0 saturated heterocycles. The Morgan fingerprint density at radius 3 is 2.32 bits per heavy atom. The fraction of sp³-hybridized carbons (Fsp3) is 0.0400. The maximum atomic E-state index is 14.3. The van der Waals surface area contributed by atoms with Crippen LogP contribution in [0.25, 0.3) is 23.5 Å². The number of furan rings is 1. The Balaban J connectivity index is 1.69. The number of hydrogen-bond acceptors (Lipinski definition) is 5. The number of carbonyl (C=O) groups excluding carboxylic acids is 2. The Kier molecular flexibility index (Phi) is 6.62. The number of benzene rings is 2. The van der Waals surface area contributed by atoms with Crippen molar-refractivity contribution in [2.45, 2.75) is 6.92 Å². The molecular formula is C25H19FO5. The van der Waals surface area contributed by atoms with Gasteiger partial charge in [0.2, 0.25) is 0 Å². The lowest BCUT2D eigenvalue weighted by Gasteiger charge is -2.05. The SMILES string of the molecule is C=CC(=O)Oc1ccc(-c2ccc(C=Cc3ccc(OC(=O)C(=C)C)cc3F)o2)cc1. The van der Waals surface area contributed by atoms with Crippen LogP contribution in [0.3, 0.4) is 0 Å². The molecule has 0 unspecified atom stereocenters. The highest BCUT2D eigenvalue weighted by Gasteiger charge is 2.09. The monoisotopic (exact) mass is 418 g/mol. The molecular weight excluding hydrogens is 399 g/mol. The Labute approximate surface area is 178 Å². The molecule has 3 aromatic rings. The van der Waals surface area contributed by atoms with E-state index in [4.69, 9.17) is 13.9 Å². The molecule has 0 aliphatic carbocycles. The molecule has 1 heterocycles. The van der Waals surface area contributed by atoms with E-state index < -0.39 is 17.8 Å². The highest BCUT2D eigenvalue weighted by molar-refractivity contribution is 5.88. The molecule has 3 rings (SSSR count). The molecule has 0 N–H and O–H groups in total. The van der Waals surface area contributed by atoms with Crippen LogP contribution in [0.1, 0.15) is 18.2 Å². The molecule has 0 fully saturated rings. The summed E-state index contributed by atoms with van der Waals surface area (Å²) < 4.78 is 30.1. The third kappa shape index (κ3) is 5.67. The van der Waals surface area contributed by atoms with E-state index >= 15 is 0 Å². The van der Waals surface area contributed by atoms with Crippen LogP contribution in [-0.4, -0.2) is 11.9 Å². The fourth-order valence-electron chi connectivity index (χ4n) is 2.52. The average molecular weight is 418 g/mol. The molecule has 0 bridgehead atoms. The van der Waals surface area contributed by atoms with Gasteiger partial charge in [0.25, 0.3) is 0 Å². The van der Waals surface area contributed by atoms with E-state index in [0.29, 0.717) is 22.8 Å². The van der Waals surface area contributed by atoms with E-state index in [0.717, 1.165) is 17.7 Å². The number of esters is 2. The van der Waals surface area contributed by atoms with Crippen LogP contribution in [0, 0.1) is 5.82 Å². The smallest absolute Gasteiger partial charge is 0.338 e. The summed E-state index contributed by atoms with van der Waals surface area (Å²) >= 11 is 0. The van der Waals surface area contributed by atoms with E-state index in [1.165, 1.54) is 19.1 Å². The van der Waals surface area contributed by atoms with Gasteiger partial charge in [-0.2, -0.15) is 0 Å². The second-order valence-electron chi connectivity index (χ2n) is 6.54. The second kappa shape index (κ2) is 9.54. The van der Waals surface area contributed by atoms with E-state index in [-0.39, 0.29) is 11.3 Å². The van der Waals surface area contributed by atoms with Crippen molar-refractivity contribution in [2.75, 3.05) is 0 Å². The van der Waals surface area contributed by atoms with E-state index in [9.17, 15) is 14.0 Å². The van der Waals surface area contributed by atoms with Crippen LogP contribution in [0.4, 0.5) is 4.39 Å². The van der Waals surface area contributed by atoms with Crippen LogP contribution in [0.15, 0.2) is 83.8 Å². The average Bonchev–Trinajstić information content (AvgIpc) is 3.22. The van der Waals surface area contributed by atoms with Crippen molar-refractivity contribution in [3.05, 3.63) is 96.5 Å². The largest absolute Gasteiger partial charge is 0.457 e. The zero-order valence-corrected chi connectivity index (χ0v) is 16.8. The molecule has 0 atom stereocenters. The third-order valence-corrected chi connectivity index (χ3v) is 4.11. The van der Waals surface area contributed by atoms with Gasteiger partial charge in [-0.3, -0.25) is 0 Å². The minimum absolute atomic E-state index is 0.102. The predicted octanol–water partition coefficient (Wildman–Crippen LogP) is 5.83. The van der Waals surface area contributed by atoms with Crippen LogP contribution >= 0.6 is 0 Å². The lowest BCUT2D eigenvalue weighted by atomic mass is 10.1. The normalized spacial score (nSPS) is 10.6. The van der Waals surface area contributed by atoms with Gasteiger partial charge in [-0.25, -0.2) is 14.0 Å². The Morgan fingerprint density at radius 2 is 1.68 bits per heavy atom. The van der Waals surface area contributed by atoms with E-state index in [1.54, 1.807) is 48.6 Å². The summed E-state index contributed by atoms with van der Waals surface area (Å²) in [6, 6.07) is 14.5. The van der Waals surface area contributed by atoms with Crippen LogP contribution in [0.5, 0.6) is 11.5 Å². The zero-order valence-electron chi connectivity index (χ0n) is 16.8. The topological polar surface area (TPSA) is 65.7 Å². The Hall–Kier alpha value is -4.19. The molecule has 0 radical (unpaired) electrons. The van der Waals surface area contributed by atoms with Gasteiger partial charge in [-0.1, -0.05) is 13.2 Å². The number of ether oxygens (including phenoxy) is 2. The number of carbonyl (C=O) groups is 2. The first-order valence-corrected chi connectivity index (χ1v) is 9.25. The van der Waals surface area contributed by atoms with Crippen LogP contribution in [0.2, 0.25) is 0 Å². The first-order valence-electron chi connectivity index (χ1n) is 9.25. The maximum Gasteiger partial charge on any atom is 0.338 e. The van der Waals surface area contributed by atoms with Crippen LogP contribution < -0.4 is 9.47 Å². The van der Waals surface area contributed by atoms with Gasteiger partial charge in [0.05, 0.1) is 0 Å². The zero-order chi connectivity index (χ0) is 22.4. The standard InChI is InChI=1S/C25H19FO5/c1-4-24(27)30-20-10-7-18(8-11-20)23-14-13-19(29-23)9-5-17-6-12-21(15-22(17)26)31-25(28)16(2)3/h4-15H,1-2H2,3H3. The lowest BCUT2D eigenvalue weighted by molar-refractivity contribution is -0.130. The fourth-order valence-corrected chi connectivity index (χ4v) is 2.52. The molecule has 5 nitrogen and oxygen atoms in total. The number of halogens is 1. The molecule has 0 saturated carbocycles. The van der Waals surface area contributed by atoms with Gasteiger partial charge in [0.15, 0.2) is 0 Å². The predicted molar refractivity (Wildman–Crippen MR) is 116 cm³/mol. The molecule has 2 aromatic carbocycles. The van der Waals surface area contributed by atoms with E-state index in [1.807, 2.05) is 0 Å². The molecule has 1 aromatic heterocycles. The highest BCUT2D eigenvalue weighted by atomic mass is 19.1. The van der Waals surface area contributed by atoms with Crippen molar-refractivity contribution in [3.8, 4) is 22.8 Å². The number of rotatable bonds is 7. The first kappa shape index (κ1) is 21.5. The van der Waals surface area contributed by atoms with Crippen molar-refractivity contribution in [3.63, 3.8) is 0 Å². The van der Waals surface area contributed by atoms with Gasteiger partial charge in [-0.05, 0) is 67.6 Å². The quantitative estimate of drug-likeness (QED) is 0.274. The third-order valence-electron chi connectivity index (χ3n) is 4.11. The Morgan fingerprint density at radius 1 is 0.968 bits per heavy atom. The summed E-state index contributed by atoms with van der Waals surface area (Å²) in [6.07, 6.45) is 4.27. The minimum Gasteiger partial charge on any atom is -0.457 e. The number of hydrogen-bond donors (Lipinski definition) is 0. The maximum absolute atomic E-state index is 14.3. The molecule has 0 aliphatic rings. The summed E-state index contributed by atoms with van der Waals surface area (Å²) in [5.41, 5.74) is 1.32. The van der Waals surface area contributed by atoms with Gasteiger partial charge in [0.1, 0.15) is 28.8 Å². The molecule has 6 heteroatoms. The molecule has 31 heavy (non-hydrogen) atoms. The summed E-state index contributed by atoms with van der Waals surface area (Å²) in [5.74, 6) is -0.0683. The van der Waals surface area contributed by atoms with Crippen molar-refractivity contribution < 1.29 is 27.9 Å². The molecule has 156 valence electrons. The lowest BCUT2D eigenvalue weighted by Crippen LogP contribution is -2.08. The van der Waals surface area contributed by atoms with Crippen molar-refractivity contribution in [2.24, 2.45) is 0 Å². The molecule has 0 amide bonds. The molecule has 0 spiro atoms. The summed E-state index contributed by atoms with van der Waals surface area (Å²) in [7, 11) is 0. The van der Waals surface area contributed by atoms with Crippen molar-refractivity contribution in [1.82, 2.24) is 0 Å². The summed E-state index contributed by atoms with van der Waals surface area (Å²) in [6.45, 7) is 8.35. The van der Waals surface area contributed by atoms with Gasteiger partial charge < -0.3 is 13.9 Å². The highest BCUT2D eigenvalue weighted by Crippen LogP contribution is 2.26. The Bertz CT molecular complexity index is 1170. The summed E-state index contributed by atoms with van der Waals surface area (Å²) in [4.78, 5) is 22.7. The van der Waals surface area contributed by atoms with Crippen molar-refractivity contribution in [1.29, 1.82) is 0 Å². The van der Waals surface area contributed by atoms with Gasteiger partial charge in [-0.15, -0.1) is 0 Å². The van der Waals surface area contributed by atoms with Crippen molar-refractivity contribution >= 4 is 24.1 Å². The van der Waals surface area contributed by atoms with Gasteiger partial charge >= 0.3 is 11.9 Å². The summed E-state index contributed by atoms with van der Waals surface area (Å²) in [5, 5.41) is 0. The van der Waals surface area contributed by atoms with Gasteiger partial charge in [0, 0.05) is 28.8 Å². The molecule has 0 aliphatic heterocycles. The second-order valence-corrected chi connectivity index (χ2v) is 6.54. The van der Waals surface area contributed by atoms with E-state index in [2.05, 4.69) is 13.2 Å². The first-order chi connectivity index (χ1) is 14.9.